The molecule has 0 N–H and O–H groups in total. The molecule has 0 radical (unpaired) electrons. The van der Waals surface area contributed by atoms with Gasteiger partial charge in [0.15, 0.2) is 0 Å². The van der Waals surface area contributed by atoms with Gasteiger partial charge in [0.2, 0.25) is 0 Å². The fraction of sp³-hybridized carbons (Fsp3) is 0.0545. The number of rotatable bonds is 10. The molecule has 0 atom stereocenters. The van der Waals surface area contributed by atoms with Crippen LogP contribution in [-0.2, 0) is 0 Å². The lowest BCUT2D eigenvalue weighted by molar-refractivity contribution is 1.04. The highest BCUT2D eigenvalue weighted by Crippen LogP contribution is 2.46. The summed E-state index contributed by atoms with van der Waals surface area (Å²) >= 11 is 0. The van der Waals surface area contributed by atoms with Crippen LogP contribution < -0.4 is 0 Å². The van der Waals surface area contributed by atoms with Crippen molar-refractivity contribution in [3.63, 3.8) is 0 Å². The predicted octanol–water partition coefficient (Wildman–Crippen LogP) is 15.8. The van der Waals surface area contributed by atoms with E-state index in [0.29, 0.717) is 0 Å². The summed E-state index contributed by atoms with van der Waals surface area (Å²) in [7, 11) is 0. The molecule has 7 aromatic rings. The predicted molar refractivity (Wildman–Crippen MR) is 243 cm³/mol. The maximum Gasteiger partial charge on any atom is -0.00921 e. The van der Waals surface area contributed by atoms with Gasteiger partial charge in [0, 0.05) is 0 Å². The first kappa shape index (κ1) is 35.3. The van der Waals surface area contributed by atoms with Crippen molar-refractivity contribution in [2.24, 2.45) is 0 Å². The fourth-order valence-corrected chi connectivity index (χ4v) is 8.17. The molecule has 0 bridgehead atoms. The molecule has 0 amide bonds. The van der Waals surface area contributed by atoms with Gasteiger partial charge in [-0.2, -0.15) is 0 Å². The zero-order chi connectivity index (χ0) is 37.7. The van der Waals surface area contributed by atoms with Crippen LogP contribution in [0.25, 0.3) is 82.4 Å². The van der Waals surface area contributed by atoms with E-state index in [1.807, 2.05) is 18.2 Å². The van der Waals surface area contributed by atoms with Crippen molar-refractivity contribution in [1.82, 2.24) is 0 Å². The molecule has 1 aliphatic carbocycles. The van der Waals surface area contributed by atoms with Crippen molar-refractivity contribution in [3.05, 3.63) is 225 Å². The summed E-state index contributed by atoms with van der Waals surface area (Å²) in [5.74, 6) is 0. The van der Waals surface area contributed by atoms with Gasteiger partial charge in [-0.15, -0.1) is 0 Å². The lowest BCUT2D eigenvalue weighted by Gasteiger charge is -2.22. The maximum atomic E-state index is 4.26. The average Bonchev–Trinajstić information content (AvgIpc) is 3.25. The fourth-order valence-electron chi connectivity index (χ4n) is 8.17. The summed E-state index contributed by atoms with van der Waals surface area (Å²) < 4.78 is 0. The molecule has 0 aromatic heterocycles. The largest absolute Gasteiger partial charge is 0.0990 e. The van der Waals surface area contributed by atoms with Gasteiger partial charge >= 0.3 is 0 Å². The minimum absolute atomic E-state index is 1.02. The second-order valence-corrected chi connectivity index (χ2v) is 14.0. The Labute approximate surface area is 325 Å². The summed E-state index contributed by atoms with van der Waals surface area (Å²) in [6.07, 6.45) is 23.2. The van der Waals surface area contributed by atoms with E-state index < -0.39 is 0 Å². The second-order valence-electron chi connectivity index (χ2n) is 14.0. The van der Waals surface area contributed by atoms with Gasteiger partial charge in [0.1, 0.15) is 0 Å². The highest BCUT2D eigenvalue weighted by molar-refractivity contribution is 6.28. The summed E-state index contributed by atoms with van der Waals surface area (Å²) in [6, 6.07) is 46.9. The highest BCUT2D eigenvalue weighted by atomic mass is 14.2. The van der Waals surface area contributed by atoms with Crippen LogP contribution in [0.4, 0.5) is 0 Å². The van der Waals surface area contributed by atoms with Crippen molar-refractivity contribution < 1.29 is 0 Å². The van der Waals surface area contributed by atoms with Crippen molar-refractivity contribution >= 4 is 49.0 Å². The lowest BCUT2D eigenvalue weighted by Crippen LogP contribution is -1.97. The van der Waals surface area contributed by atoms with E-state index in [1.54, 1.807) is 0 Å². The van der Waals surface area contributed by atoms with Gasteiger partial charge in [0.05, 0.1) is 0 Å². The summed E-state index contributed by atoms with van der Waals surface area (Å²) in [5.41, 5.74) is 14.1. The zero-order valence-electron chi connectivity index (χ0n) is 31.4. The third-order valence-electron chi connectivity index (χ3n) is 10.7. The first-order chi connectivity index (χ1) is 27.1. The van der Waals surface area contributed by atoms with E-state index in [1.165, 1.54) is 76.8 Å². The van der Waals surface area contributed by atoms with Crippen LogP contribution in [0.3, 0.4) is 0 Å². The van der Waals surface area contributed by atoms with E-state index in [0.717, 1.165) is 35.1 Å². The highest BCUT2D eigenvalue weighted by Gasteiger charge is 2.21. The van der Waals surface area contributed by atoms with Gasteiger partial charge in [0.25, 0.3) is 0 Å². The Bertz CT molecular complexity index is 2760. The smallest absolute Gasteiger partial charge is 0.00921 e. The van der Waals surface area contributed by atoms with Crippen molar-refractivity contribution in [1.29, 1.82) is 0 Å². The minimum atomic E-state index is 1.02. The van der Waals surface area contributed by atoms with Crippen LogP contribution >= 0.6 is 0 Å². The Morgan fingerprint density at radius 2 is 0.927 bits per heavy atom. The first-order valence-electron chi connectivity index (χ1n) is 19.1. The Morgan fingerprint density at radius 1 is 0.491 bits per heavy atom. The monoisotopic (exact) mass is 704 g/mol. The molecule has 55 heavy (non-hydrogen) atoms. The van der Waals surface area contributed by atoms with E-state index in [-0.39, 0.29) is 0 Å². The molecule has 0 nitrogen and oxygen atoms in total. The van der Waals surface area contributed by atoms with Gasteiger partial charge in [-0.05, 0) is 155 Å². The van der Waals surface area contributed by atoms with Crippen LogP contribution in [0.5, 0.6) is 0 Å². The molecular weight excluding hydrogens is 661 g/mol. The van der Waals surface area contributed by atoms with Crippen LogP contribution in [0, 0.1) is 0 Å². The van der Waals surface area contributed by atoms with Gasteiger partial charge < -0.3 is 0 Å². The van der Waals surface area contributed by atoms with Gasteiger partial charge in [-0.3, -0.25) is 0 Å². The van der Waals surface area contributed by atoms with Crippen LogP contribution in [0.1, 0.15) is 36.5 Å². The van der Waals surface area contributed by atoms with Gasteiger partial charge in [-0.25, -0.2) is 0 Å². The Kier molecular flexibility index (Phi) is 10.1. The summed E-state index contributed by atoms with van der Waals surface area (Å²) in [6.45, 7) is 14.5. The quantitative estimate of drug-likeness (QED) is 0.0982. The second kappa shape index (κ2) is 15.7. The third kappa shape index (κ3) is 6.69. The number of benzene rings is 7. The summed E-state index contributed by atoms with van der Waals surface area (Å²) in [4.78, 5) is 0. The number of hydrogen-bond acceptors (Lipinski definition) is 0. The van der Waals surface area contributed by atoms with E-state index >= 15 is 0 Å². The molecule has 0 aliphatic heterocycles. The standard InChI is InChI=1S/C55H44/c1-5-21-38(8-4)44-32-50-51-33-45(39(22-6-2)23-7-3)47(41-26-15-10-16-27-41)35-53(51)55-37-49(43-30-19-12-20-31-43)48(42-28-17-11-18-29-42)36-54(55)52(50)34-46(44)40-24-13-9-14-25-40/h5-8,10-13,15-37H,1-2,4,9,14H2,3H3/b23-7-,38-21+,39-22+. The van der Waals surface area contributed by atoms with Crippen LogP contribution in [-0.4, -0.2) is 0 Å². The molecule has 264 valence electrons. The lowest BCUT2D eigenvalue weighted by atomic mass is 9.82. The zero-order valence-corrected chi connectivity index (χ0v) is 31.4. The molecule has 0 spiro atoms. The average molecular weight is 705 g/mol. The van der Waals surface area contributed by atoms with E-state index in [9.17, 15) is 0 Å². The van der Waals surface area contributed by atoms with E-state index in [4.69, 9.17) is 0 Å². The molecule has 0 saturated carbocycles. The molecule has 0 heterocycles. The molecule has 0 fully saturated rings. The molecular formula is C55H44. The molecule has 1 aliphatic rings. The number of hydrogen-bond donors (Lipinski definition) is 0. The van der Waals surface area contributed by atoms with Crippen molar-refractivity contribution in [2.45, 2.75) is 19.8 Å². The SMILES string of the molecule is C=C/C=C(\C=C)c1cc2c(cc1C1=CCCC=C1)c1cc(-c3ccccc3)c(-c3ccccc3)cc1c1cc(-c3ccccc3)c(C(/C=C\C)=C/C=C)cc21. The molecule has 7 aromatic carbocycles. The number of allylic oxidation sites excluding steroid dienone is 13. The third-order valence-corrected chi connectivity index (χ3v) is 10.7. The van der Waals surface area contributed by atoms with Gasteiger partial charge in [-0.1, -0.05) is 171 Å². The minimum Gasteiger partial charge on any atom is -0.0990 e. The first-order valence-corrected chi connectivity index (χ1v) is 19.1. The normalized spacial score (nSPS) is 13.4. The summed E-state index contributed by atoms with van der Waals surface area (Å²) in [5, 5.41) is 7.28. The van der Waals surface area contributed by atoms with Crippen molar-refractivity contribution in [3.8, 4) is 33.4 Å². The molecule has 0 heteroatoms. The Morgan fingerprint density at radius 3 is 1.38 bits per heavy atom. The Hall–Kier alpha value is -6.76. The topological polar surface area (TPSA) is 0 Å². The van der Waals surface area contributed by atoms with Crippen LogP contribution in [0.15, 0.2) is 208 Å². The van der Waals surface area contributed by atoms with E-state index in [2.05, 4.69) is 197 Å². The molecule has 0 unspecified atom stereocenters. The molecule has 0 saturated heterocycles. The molecule has 8 rings (SSSR count). The Balaban J connectivity index is 1.63. The number of fused-ring (bicyclic) bond motifs is 6. The van der Waals surface area contributed by atoms with Crippen LogP contribution in [0.2, 0.25) is 0 Å². The maximum absolute atomic E-state index is 4.26. The van der Waals surface area contributed by atoms with Crippen molar-refractivity contribution in [2.75, 3.05) is 0 Å².